The van der Waals surface area contributed by atoms with Crippen LogP contribution in [0.1, 0.15) is 52.5 Å². The fraction of sp³-hybridized carbons (Fsp3) is 0.581. The predicted octanol–water partition coefficient (Wildman–Crippen LogP) is 3.65. The molecule has 3 N–H and O–H groups in total. The summed E-state index contributed by atoms with van der Waals surface area (Å²) >= 11 is 6.68. The van der Waals surface area contributed by atoms with E-state index < -0.39 is 47.7 Å². The maximum absolute atomic E-state index is 13.8. The van der Waals surface area contributed by atoms with Gasteiger partial charge in [-0.05, 0) is 51.9 Å². The Bertz CT molecular complexity index is 1320. The van der Waals surface area contributed by atoms with E-state index in [1.807, 2.05) is 38.1 Å². The summed E-state index contributed by atoms with van der Waals surface area (Å²) < 4.78 is 23.2. The topological polar surface area (TPSA) is 139 Å². The number of allylic oxidation sites excluding steroid dienone is 3. The molecule has 0 saturated carbocycles. The summed E-state index contributed by atoms with van der Waals surface area (Å²) in [5, 5.41) is 16.9. The number of aliphatic hydroxyl groups is 1. The quantitative estimate of drug-likeness (QED) is 0.340. The van der Waals surface area contributed by atoms with Gasteiger partial charge in [-0.25, -0.2) is 4.79 Å². The Morgan fingerprint density at radius 2 is 2.05 bits per heavy atom. The Labute approximate surface area is 257 Å². The maximum Gasteiger partial charge on any atom is 0.409 e. The van der Waals surface area contributed by atoms with Gasteiger partial charge in [0.05, 0.1) is 25.3 Å². The molecular weight excluding hydrogens is 578 g/mol. The Morgan fingerprint density at radius 3 is 2.72 bits per heavy atom. The standard InChI is InChI=1S/C31H42ClN3O8/c1-17-10-8-9-11-31(39)16-23(41-29(38)34-31)18(2)27-30(4,43-27)24(42-28(37)19(3)33-5)15-25(36)35(6)21-13-20(12-17)14-22(40-7)26(21)32/h8-10,13-14,18-19,23-24,27,33,39H,11-12,15-16H2,1-7H3,(H,34,38)/b9-8+,17-10+/t18-,19+,23+,24+,27+,30+,31-/m1/s1. The first-order chi connectivity index (χ1) is 20.2. The second-order valence-electron chi connectivity index (χ2n) is 11.9. The number of carbonyl (C=O) groups excluding carboxylic acids is 3. The minimum absolute atomic E-state index is 0.121. The normalized spacial score (nSPS) is 34.1. The van der Waals surface area contributed by atoms with Gasteiger partial charge in [-0.1, -0.05) is 42.3 Å². The summed E-state index contributed by atoms with van der Waals surface area (Å²) in [7, 11) is 4.76. The van der Waals surface area contributed by atoms with E-state index >= 15 is 0 Å². The monoisotopic (exact) mass is 619 g/mol. The Morgan fingerprint density at radius 1 is 1.33 bits per heavy atom. The van der Waals surface area contributed by atoms with Crippen LogP contribution in [0, 0.1) is 5.92 Å². The molecule has 2 fully saturated rings. The number of hydrogen-bond acceptors (Lipinski definition) is 9. The third-order valence-electron chi connectivity index (χ3n) is 8.62. The highest BCUT2D eigenvalue weighted by Gasteiger charge is 2.64. The first kappa shape index (κ1) is 32.8. The summed E-state index contributed by atoms with van der Waals surface area (Å²) in [6.45, 7) is 7.25. The fourth-order valence-electron chi connectivity index (χ4n) is 5.69. The number of amides is 2. The molecule has 0 spiro atoms. The largest absolute Gasteiger partial charge is 0.495 e. The molecule has 3 aliphatic rings. The molecule has 1 aromatic carbocycles. The number of epoxide rings is 1. The van der Waals surface area contributed by atoms with E-state index in [-0.39, 0.29) is 36.1 Å². The van der Waals surface area contributed by atoms with Crippen LogP contribution < -0.4 is 20.3 Å². The minimum Gasteiger partial charge on any atom is -0.495 e. The molecule has 1 aromatic rings. The summed E-state index contributed by atoms with van der Waals surface area (Å²) in [6, 6.07) is 3.03. The lowest BCUT2D eigenvalue weighted by Crippen LogP contribution is -2.57. The summed E-state index contributed by atoms with van der Waals surface area (Å²) in [6.07, 6.45) is 3.27. The van der Waals surface area contributed by atoms with Crippen LogP contribution in [0.5, 0.6) is 5.75 Å². The number of likely N-dealkylation sites (N-methyl/N-ethyl adjacent to an activating group) is 1. The molecule has 4 rings (SSSR count). The zero-order valence-corrected chi connectivity index (χ0v) is 26.5. The van der Waals surface area contributed by atoms with Crippen LogP contribution in [-0.4, -0.2) is 80.0 Å². The van der Waals surface area contributed by atoms with Crippen molar-refractivity contribution in [3.8, 4) is 5.75 Å². The molecule has 0 aliphatic carbocycles. The smallest absolute Gasteiger partial charge is 0.409 e. The molecule has 4 bridgehead atoms. The van der Waals surface area contributed by atoms with Crippen LogP contribution in [0.3, 0.4) is 0 Å². The van der Waals surface area contributed by atoms with Gasteiger partial charge in [0.15, 0.2) is 0 Å². The Kier molecular flexibility index (Phi) is 9.80. The van der Waals surface area contributed by atoms with Crippen LogP contribution in [0.2, 0.25) is 5.02 Å². The third kappa shape index (κ3) is 7.17. The van der Waals surface area contributed by atoms with E-state index in [9.17, 15) is 19.5 Å². The van der Waals surface area contributed by atoms with Crippen molar-refractivity contribution in [1.82, 2.24) is 10.6 Å². The number of methoxy groups -OCH3 is 1. The molecule has 7 atom stereocenters. The lowest BCUT2D eigenvalue weighted by molar-refractivity contribution is -0.155. The molecule has 236 valence electrons. The zero-order valence-electron chi connectivity index (χ0n) is 25.7. The number of nitrogens with zero attached hydrogens (tertiary/aromatic N) is 1. The maximum atomic E-state index is 13.8. The van der Waals surface area contributed by atoms with Crippen molar-refractivity contribution >= 4 is 35.3 Å². The van der Waals surface area contributed by atoms with Crippen LogP contribution in [0.4, 0.5) is 10.5 Å². The van der Waals surface area contributed by atoms with Gasteiger partial charge in [0.2, 0.25) is 5.91 Å². The number of rotatable bonds is 4. The van der Waals surface area contributed by atoms with E-state index in [0.717, 1.165) is 11.1 Å². The first-order valence-electron chi connectivity index (χ1n) is 14.4. The lowest BCUT2D eigenvalue weighted by atomic mass is 9.84. The molecule has 2 amide bonds. The van der Waals surface area contributed by atoms with Crippen molar-refractivity contribution in [3.05, 3.63) is 46.5 Å². The number of alkyl carbamates (subject to hydrolysis) is 1. The summed E-state index contributed by atoms with van der Waals surface area (Å²) in [4.78, 5) is 40.6. The van der Waals surface area contributed by atoms with Gasteiger partial charge in [-0.3, -0.25) is 14.9 Å². The molecule has 11 nitrogen and oxygen atoms in total. The van der Waals surface area contributed by atoms with E-state index in [4.69, 9.17) is 30.5 Å². The predicted molar refractivity (Wildman–Crippen MR) is 161 cm³/mol. The van der Waals surface area contributed by atoms with Crippen molar-refractivity contribution in [2.75, 3.05) is 26.1 Å². The van der Waals surface area contributed by atoms with E-state index in [0.29, 0.717) is 17.9 Å². The second-order valence-corrected chi connectivity index (χ2v) is 12.3. The van der Waals surface area contributed by atoms with Gasteiger partial charge in [-0.2, -0.15) is 0 Å². The number of anilines is 1. The zero-order chi connectivity index (χ0) is 31.7. The van der Waals surface area contributed by atoms with Crippen LogP contribution in [0.15, 0.2) is 35.9 Å². The van der Waals surface area contributed by atoms with Gasteiger partial charge >= 0.3 is 12.1 Å². The highest BCUT2D eigenvalue weighted by Crippen LogP contribution is 2.49. The van der Waals surface area contributed by atoms with Crippen molar-refractivity contribution < 1.29 is 38.4 Å². The highest BCUT2D eigenvalue weighted by atomic mass is 35.5. The number of esters is 1. The lowest BCUT2D eigenvalue weighted by Gasteiger charge is -2.39. The molecule has 0 unspecified atom stereocenters. The molecule has 3 aliphatic heterocycles. The molecule has 0 aromatic heterocycles. The van der Waals surface area contributed by atoms with Gasteiger partial charge in [0.25, 0.3) is 0 Å². The first-order valence-corrected chi connectivity index (χ1v) is 14.8. The number of benzene rings is 1. The number of carbonyl (C=O) groups is 3. The summed E-state index contributed by atoms with van der Waals surface area (Å²) in [5.74, 6) is -0.856. The Balaban J connectivity index is 1.75. The van der Waals surface area contributed by atoms with Crippen LogP contribution in [0.25, 0.3) is 0 Å². The third-order valence-corrected chi connectivity index (χ3v) is 9.00. The van der Waals surface area contributed by atoms with E-state index in [2.05, 4.69) is 10.6 Å². The number of hydrogen-bond donors (Lipinski definition) is 3. The van der Waals surface area contributed by atoms with Crippen molar-refractivity contribution in [2.24, 2.45) is 5.92 Å². The summed E-state index contributed by atoms with van der Waals surface area (Å²) in [5.41, 5.74) is -0.250. The van der Waals surface area contributed by atoms with Crippen molar-refractivity contribution in [1.29, 1.82) is 0 Å². The number of halogens is 1. The minimum atomic E-state index is -1.52. The number of ether oxygens (including phenoxy) is 4. The molecule has 3 heterocycles. The van der Waals surface area contributed by atoms with Crippen molar-refractivity contribution in [3.63, 3.8) is 0 Å². The molecular formula is C31H42ClN3O8. The van der Waals surface area contributed by atoms with E-state index in [1.54, 1.807) is 34.0 Å². The average Bonchev–Trinajstić information content (AvgIpc) is 3.65. The van der Waals surface area contributed by atoms with Crippen LogP contribution in [-0.2, 0) is 30.2 Å². The number of fused-ring (bicyclic) bond motifs is 5. The molecule has 43 heavy (non-hydrogen) atoms. The average molecular weight is 620 g/mol. The van der Waals surface area contributed by atoms with Gasteiger partial charge in [0, 0.05) is 25.8 Å². The van der Waals surface area contributed by atoms with E-state index in [1.165, 1.54) is 12.0 Å². The SMILES string of the molecule is CN[C@@H](C)C(=O)O[C@H]1CC(=O)N(C)c2cc(cc(OC)c2Cl)C/C(C)=C/C=C/C[C@@]2(O)C[C@H](OC(=O)N2)[C@@H](C)[C@@H]2O[C@@]12C. The van der Waals surface area contributed by atoms with Crippen molar-refractivity contribution in [2.45, 2.75) is 89.1 Å². The molecule has 2 saturated heterocycles. The molecule has 12 heteroatoms. The second kappa shape index (κ2) is 12.9. The van der Waals surface area contributed by atoms with Crippen LogP contribution >= 0.6 is 11.6 Å². The van der Waals surface area contributed by atoms with Gasteiger partial charge < -0.3 is 34.3 Å². The van der Waals surface area contributed by atoms with Gasteiger partial charge in [0.1, 0.15) is 40.3 Å². The highest BCUT2D eigenvalue weighted by molar-refractivity contribution is 6.35. The van der Waals surface area contributed by atoms with Gasteiger partial charge in [-0.15, -0.1) is 0 Å². The molecule has 0 radical (unpaired) electrons. The number of nitrogens with one attached hydrogen (secondary N) is 2. The Hall–Kier alpha value is -3.12. The fourth-order valence-corrected chi connectivity index (χ4v) is 6.01.